The van der Waals surface area contributed by atoms with E-state index in [0.717, 1.165) is 0 Å². The Morgan fingerprint density at radius 3 is 2.75 bits per heavy atom. The van der Waals surface area contributed by atoms with Gasteiger partial charge >= 0.3 is 6.18 Å². The standard InChI is InChI=1S/C19H21F3N2O4/c1-2-4-13-15(7-6-14-17(13)28-23-18(14)19(20,21)22)27-10-3-9-24-11-12(25)5-8-16(24)26/h6-7H,2-5,8-11H2,1H3. The maximum atomic E-state index is 13.0. The molecular formula is C19H21F3N2O4. The lowest BCUT2D eigenvalue weighted by Gasteiger charge is -2.25. The first-order valence-electron chi connectivity index (χ1n) is 9.22. The highest BCUT2D eigenvalue weighted by molar-refractivity contribution is 5.92. The third kappa shape index (κ3) is 4.28. The van der Waals surface area contributed by atoms with Crippen molar-refractivity contribution in [1.29, 1.82) is 0 Å². The Labute approximate surface area is 159 Å². The SMILES string of the molecule is CCCc1c(OCCCN2CC(=O)CCC2=O)ccc2c(C(F)(F)F)noc12. The number of rotatable bonds is 7. The van der Waals surface area contributed by atoms with Gasteiger partial charge < -0.3 is 14.2 Å². The first-order valence-corrected chi connectivity index (χ1v) is 9.22. The van der Waals surface area contributed by atoms with Gasteiger partial charge in [0.05, 0.1) is 18.5 Å². The maximum Gasteiger partial charge on any atom is 0.437 e. The third-order valence-corrected chi connectivity index (χ3v) is 4.64. The molecule has 0 aliphatic carbocycles. The van der Waals surface area contributed by atoms with Crippen LogP contribution in [-0.2, 0) is 22.2 Å². The van der Waals surface area contributed by atoms with E-state index in [1.54, 1.807) is 0 Å². The summed E-state index contributed by atoms with van der Waals surface area (Å²) < 4.78 is 49.9. The number of alkyl halides is 3. The number of likely N-dealkylation sites (tertiary alicyclic amines) is 1. The Morgan fingerprint density at radius 2 is 2.04 bits per heavy atom. The highest BCUT2D eigenvalue weighted by atomic mass is 19.4. The molecule has 0 spiro atoms. The van der Waals surface area contributed by atoms with E-state index in [1.165, 1.54) is 17.0 Å². The summed E-state index contributed by atoms with van der Waals surface area (Å²) in [6, 6.07) is 2.80. The average molecular weight is 398 g/mol. The van der Waals surface area contributed by atoms with Gasteiger partial charge in [0, 0.05) is 24.9 Å². The van der Waals surface area contributed by atoms with Crippen LogP contribution in [0, 0.1) is 0 Å². The number of ether oxygens (including phenoxy) is 1. The van der Waals surface area contributed by atoms with Gasteiger partial charge in [-0.05, 0) is 25.0 Å². The highest BCUT2D eigenvalue weighted by Gasteiger charge is 2.37. The van der Waals surface area contributed by atoms with Gasteiger partial charge in [0.15, 0.2) is 17.1 Å². The zero-order valence-electron chi connectivity index (χ0n) is 15.5. The first kappa shape index (κ1) is 20.2. The lowest BCUT2D eigenvalue weighted by molar-refractivity contribution is -0.141. The van der Waals surface area contributed by atoms with E-state index in [4.69, 9.17) is 9.26 Å². The molecule has 2 aromatic rings. The second-order valence-corrected chi connectivity index (χ2v) is 6.75. The summed E-state index contributed by atoms with van der Waals surface area (Å²) in [7, 11) is 0. The molecule has 1 aromatic carbocycles. The molecular weight excluding hydrogens is 377 g/mol. The number of halogens is 3. The number of carbonyl (C=O) groups excluding carboxylic acids is 2. The topological polar surface area (TPSA) is 72.6 Å². The Balaban J connectivity index is 1.69. The number of nitrogens with zero attached hydrogens (tertiary/aromatic N) is 2. The van der Waals surface area contributed by atoms with E-state index in [-0.39, 0.29) is 42.2 Å². The molecule has 1 aromatic heterocycles. The summed E-state index contributed by atoms with van der Waals surface area (Å²) in [6.07, 6.45) is -2.37. The van der Waals surface area contributed by atoms with E-state index in [9.17, 15) is 22.8 Å². The summed E-state index contributed by atoms with van der Waals surface area (Å²) >= 11 is 0. The van der Waals surface area contributed by atoms with Gasteiger partial charge in [-0.1, -0.05) is 18.5 Å². The Kier molecular flexibility index (Phi) is 5.90. The van der Waals surface area contributed by atoms with Crippen molar-refractivity contribution in [3.05, 3.63) is 23.4 Å². The van der Waals surface area contributed by atoms with E-state index in [0.29, 0.717) is 43.5 Å². The molecule has 0 N–H and O–H groups in total. The van der Waals surface area contributed by atoms with Gasteiger partial charge in [-0.3, -0.25) is 9.59 Å². The predicted octanol–water partition coefficient (Wildman–Crippen LogP) is 3.76. The van der Waals surface area contributed by atoms with Crippen LogP contribution in [0.1, 0.15) is 43.9 Å². The van der Waals surface area contributed by atoms with Gasteiger partial charge in [0.2, 0.25) is 5.91 Å². The normalized spacial score (nSPS) is 15.5. The molecule has 1 saturated heterocycles. The molecule has 1 fully saturated rings. The van der Waals surface area contributed by atoms with E-state index in [2.05, 4.69) is 5.16 Å². The first-order chi connectivity index (χ1) is 13.3. The largest absolute Gasteiger partial charge is 0.493 e. The summed E-state index contributed by atoms with van der Waals surface area (Å²) in [5.74, 6) is 0.441. The molecule has 3 rings (SSSR count). The lowest BCUT2D eigenvalue weighted by atomic mass is 10.0. The van der Waals surface area contributed by atoms with Crippen LogP contribution in [0.4, 0.5) is 13.2 Å². The summed E-state index contributed by atoms with van der Waals surface area (Å²) in [6.45, 7) is 2.70. The number of aryl methyl sites for hydroxylation is 1. The maximum absolute atomic E-state index is 13.0. The van der Waals surface area contributed by atoms with Crippen molar-refractivity contribution in [3.8, 4) is 5.75 Å². The fourth-order valence-electron chi connectivity index (χ4n) is 3.29. The summed E-state index contributed by atoms with van der Waals surface area (Å²) in [4.78, 5) is 24.8. The number of ketones is 1. The minimum Gasteiger partial charge on any atom is -0.493 e. The fourth-order valence-corrected chi connectivity index (χ4v) is 3.29. The van der Waals surface area contributed by atoms with E-state index < -0.39 is 11.9 Å². The lowest BCUT2D eigenvalue weighted by Crippen LogP contribution is -2.41. The number of piperidine rings is 1. The van der Waals surface area contributed by atoms with Gasteiger partial charge in [0.25, 0.3) is 0 Å². The Morgan fingerprint density at radius 1 is 1.25 bits per heavy atom. The number of hydrogen-bond donors (Lipinski definition) is 0. The fraction of sp³-hybridized carbons (Fsp3) is 0.526. The number of fused-ring (bicyclic) bond motifs is 1. The molecule has 152 valence electrons. The van der Waals surface area contributed by atoms with Crippen LogP contribution in [0.5, 0.6) is 5.75 Å². The minimum absolute atomic E-state index is 0.0435. The van der Waals surface area contributed by atoms with Crippen molar-refractivity contribution in [2.45, 2.75) is 45.2 Å². The zero-order chi connectivity index (χ0) is 20.3. The van der Waals surface area contributed by atoms with Crippen LogP contribution in [0.3, 0.4) is 0 Å². The predicted molar refractivity (Wildman–Crippen MR) is 93.9 cm³/mol. The summed E-state index contributed by atoms with van der Waals surface area (Å²) in [5, 5.41) is 3.11. The van der Waals surface area contributed by atoms with Crippen molar-refractivity contribution in [2.24, 2.45) is 0 Å². The van der Waals surface area contributed by atoms with Gasteiger partial charge in [0.1, 0.15) is 5.75 Å². The molecule has 0 bridgehead atoms. The van der Waals surface area contributed by atoms with Crippen molar-refractivity contribution in [1.82, 2.24) is 10.1 Å². The Hall–Kier alpha value is -2.58. The van der Waals surface area contributed by atoms with Crippen LogP contribution < -0.4 is 4.74 Å². The summed E-state index contributed by atoms with van der Waals surface area (Å²) in [5.41, 5.74) is -0.407. The minimum atomic E-state index is -4.59. The molecule has 6 nitrogen and oxygen atoms in total. The number of carbonyl (C=O) groups is 2. The van der Waals surface area contributed by atoms with Gasteiger partial charge in [-0.2, -0.15) is 13.2 Å². The van der Waals surface area contributed by atoms with Crippen molar-refractivity contribution < 1.29 is 32.0 Å². The smallest absolute Gasteiger partial charge is 0.437 e. The van der Waals surface area contributed by atoms with Gasteiger partial charge in [-0.25, -0.2) is 0 Å². The molecule has 0 radical (unpaired) electrons. The van der Waals surface area contributed by atoms with E-state index in [1.807, 2.05) is 6.92 Å². The van der Waals surface area contributed by atoms with Crippen molar-refractivity contribution >= 4 is 22.7 Å². The molecule has 0 atom stereocenters. The number of Topliss-reactive ketones (excluding diaryl/α,β-unsaturated/α-hetero) is 1. The van der Waals surface area contributed by atoms with Gasteiger partial charge in [-0.15, -0.1) is 0 Å². The van der Waals surface area contributed by atoms with Crippen LogP contribution in [0.2, 0.25) is 0 Å². The molecule has 1 aliphatic heterocycles. The highest BCUT2D eigenvalue weighted by Crippen LogP contribution is 2.38. The van der Waals surface area contributed by atoms with Crippen LogP contribution in [0.15, 0.2) is 16.7 Å². The van der Waals surface area contributed by atoms with E-state index >= 15 is 0 Å². The molecule has 28 heavy (non-hydrogen) atoms. The van der Waals surface area contributed by atoms with Crippen molar-refractivity contribution in [3.63, 3.8) is 0 Å². The second kappa shape index (κ2) is 8.20. The second-order valence-electron chi connectivity index (χ2n) is 6.75. The number of hydrogen-bond acceptors (Lipinski definition) is 5. The van der Waals surface area contributed by atoms with Crippen LogP contribution in [-0.4, -0.2) is 41.4 Å². The Bertz CT molecular complexity index is 876. The average Bonchev–Trinajstić information content (AvgIpc) is 3.07. The van der Waals surface area contributed by atoms with Crippen LogP contribution >= 0.6 is 0 Å². The molecule has 0 unspecified atom stereocenters. The zero-order valence-corrected chi connectivity index (χ0v) is 15.5. The quantitative estimate of drug-likeness (QED) is 0.664. The molecule has 2 heterocycles. The molecule has 9 heteroatoms. The molecule has 1 aliphatic rings. The number of amides is 1. The molecule has 1 amide bonds. The number of benzene rings is 1. The molecule has 0 saturated carbocycles. The third-order valence-electron chi connectivity index (χ3n) is 4.64. The van der Waals surface area contributed by atoms with Crippen molar-refractivity contribution in [2.75, 3.05) is 19.7 Å². The van der Waals surface area contributed by atoms with Crippen LogP contribution in [0.25, 0.3) is 11.0 Å². The monoisotopic (exact) mass is 398 g/mol. The number of aromatic nitrogens is 1.